The average molecular weight is 362 g/mol. The molecule has 136 valence electrons. The van der Waals surface area contributed by atoms with Crippen LogP contribution in [-0.2, 0) is 11.3 Å². The molecule has 25 heavy (non-hydrogen) atoms. The summed E-state index contributed by atoms with van der Waals surface area (Å²) in [5.74, 6) is 1.99. The number of thiophene rings is 1. The monoisotopic (exact) mass is 361 g/mol. The van der Waals surface area contributed by atoms with Gasteiger partial charge in [0, 0.05) is 26.2 Å². The number of rotatable bonds is 6. The van der Waals surface area contributed by atoms with Crippen LogP contribution in [0.5, 0.6) is 0 Å². The zero-order valence-electron chi connectivity index (χ0n) is 15.3. The van der Waals surface area contributed by atoms with Gasteiger partial charge in [-0.05, 0) is 51.6 Å². The fraction of sp³-hybridized carbons (Fsp3) is 0.579. The predicted molar refractivity (Wildman–Crippen MR) is 100 cm³/mol. The number of hydrogen-bond donors (Lipinski definition) is 0. The summed E-state index contributed by atoms with van der Waals surface area (Å²) >= 11 is 1.64. The van der Waals surface area contributed by atoms with Crippen LogP contribution >= 0.6 is 11.3 Å². The highest BCUT2D eigenvalue weighted by molar-refractivity contribution is 7.13. The summed E-state index contributed by atoms with van der Waals surface area (Å²) < 4.78 is 5.85. The van der Waals surface area contributed by atoms with Crippen LogP contribution in [0.3, 0.4) is 0 Å². The lowest BCUT2D eigenvalue weighted by Gasteiger charge is -2.34. The number of piperidine rings is 1. The van der Waals surface area contributed by atoms with Crippen LogP contribution in [0.25, 0.3) is 10.8 Å². The molecule has 3 heterocycles. The number of amides is 1. The number of oxazole rings is 1. The first-order valence-corrected chi connectivity index (χ1v) is 10.0. The SMILES string of the molecule is CCN(CC)C(=O)[C@H]1CCCN(Cc2nc(-c3cccs3)oc2C)C1. The van der Waals surface area contributed by atoms with E-state index in [4.69, 9.17) is 9.40 Å². The van der Waals surface area contributed by atoms with Gasteiger partial charge in [0.05, 0.1) is 16.5 Å². The molecular formula is C19H27N3O2S. The van der Waals surface area contributed by atoms with E-state index in [1.54, 1.807) is 11.3 Å². The molecule has 1 atom stereocenters. The number of nitrogens with zero attached hydrogens (tertiary/aromatic N) is 3. The fourth-order valence-corrected chi connectivity index (χ4v) is 4.14. The molecule has 3 rings (SSSR count). The molecule has 0 unspecified atom stereocenters. The van der Waals surface area contributed by atoms with Gasteiger partial charge in [-0.1, -0.05) is 6.07 Å². The van der Waals surface area contributed by atoms with Gasteiger partial charge in [0.2, 0.25) is 11.8 Å². The number of hydrogen-bond acceptors (Lipinski definition) is 5. The van der Waals surface area contributed by atoms with Crippen LogP contribution in [0.1, 0.15) is 38.1 Å². The molecule has 1 fully saturated rings. The third-order valence-corrected chi connectivity index (χ3v) is 5.79. The second kappa shape index (κ2) is 8.15. The lowest BCUT2D eigenvalue weighted by Crippen LogP contribution is -2.44. The second-order valence-electron chi connectivity index (χ2n) is 6.58. The Balaban J connectivity index is 1.66. The highest BCUT2D eigenvalue weighted by Crippen LogP contribution is 2.27. The topological polar surface area (TPSA) is 49.6 Å². The molecule has 2 aromatic heterocycles. The van der Waals surface area contributed by atoms with Crippen LogP contribution in [-0.4, -0.2) is 46.9 Å². The third kappa shape index (κ3) is 4.12. The lowest BCUT2D eigenvalue weighted by atomic mass is 9.96. The van der Waals surface area contributed by atoms with E-state index < -0.39 is 0 Å². The molecule has 0 spiro atoms. The molecule has 0 bridgehead atoms. The van der Waals surface area contributed by atoms with Crippen molar-refractivity contribution in [2.75, 3.05) is 26.2 Å². The summed E-state index contributed by atoms with van der Waals surface area (Å²) in [4.78, 5) is 22.7. The Kier molecular flexibility index (Phi) is 5.91. The van der Waals surface area contributed by atoms with Gasteiger partial charge in [-0.3, -0.25) is 9.69 Å². The largest absolute Gasteiger partial charge is 0.440 e. The molecule has 1 amide bonds. The Bertz CT molecular complexity index is 692. The molecule has 0 aromatic carbocycles. The average Bonchev–Trinajstić information content (AvgIpc) is 3.27. The fourth-order valence-electron chi connectivity index (χ4n) is 3.49. The summed E-state index contributed by atoms with van der Waals surface area (Å²) in [6.07, 6.45) is 2.05. The minimum absolute atomic E-state index is 0.109. The van der Waals surface area contributed by atoms with Gasteiger partial charge in [-0.25, -0.2) is 4.98 Å². The van der Waals surface area contributed by atoms with E-state index in [-0.39, 0.29) is 5.92 Å². The molecule has 1 aliphatic heterocycles. The van der Waals surface area contributed by atoms with Crippen molar-refractivity contribution in [1.82, 2.24) is 14.8 Å². The van der Waals surface area contributed by atoms with Crippen LogP contribution in [0.4, 0.5) is 0 Å². The highest BCUT2D eigenvalue weighted by Gasteiger charge is 2.29. The number of carbonyl (C=O) groups excluding carboxylic acids is 1. The van der Waals surface area contributed by atoms with Crippen LogP contribution in [0.15, 0.2) is 21.9 Å². The maximum Gasteiger partial charge on any atom is 0.236 e. The zero-order chi connectivity index (χ0) is 17.8. The van der Waals surface area contributed by atoms with Crippen molar-refractivity contribution in [3.8, 4) is 10.8 Å². The first-order valence-electron chi connectivity index (χ1n) is 9.13. The Hall–Kier alpha value is -1.66. The molecule has 5 nitrogen and oxygen atoms in total. The molecule has 0 aliphatic carbocycles. The van der Waals surface area contributed by atoms with Crippen molar-refractivity contribution in [1.29, 1.82) is 0 Å². The summed E-state index contributed by atoms with van der Waals surface area (Å²) in [7, 11) is 0. The number of aromatic nitrogens is 1. The van der Waals surface area contributed by atoms with E-state index in [2.05, 4.69) is 4.90 Å². The summed E-state index contributed by atoms with van der Waals surface area (Å²) in [5.41, 5.74) is 0.985. The number of carbonyl (C=O) groups is 1. The van der Waals surface area contributed by atoms with Crippen molar-refractivity contribution < 1.29 is 9.21 Å². The van der Waals surface area contributed by atoms with Gasteiger partial charge in [0.15, 0.2) is 0 Å². The smallest absolute Gasteiger partial charge is 0.236 e. The Labute approximate surface area is 153 Å². The molecule has 2 aromatic rings. The van der Waals surface area contributed by atoms with Crippen LogP contribution < -0.4 is 0 Å². The van der Waals surface area contributed by atoms with Crippen LogP contribution in [0.2, 0.25) is 0 Å². The molecule has 1 aliphatic rings. The minimum Gasteiger partial charge on any atom is -0.440 e. The predicted octanol–water partition coefficient (Wildman–Crippen LogP) is 3.79. The maximum absolute atomic E-state index is 12.7. The summed E-state index contributed by atoms with van der Waals surface area (Å²) in [6, 6.07) is 4.03. The van der Waals surface area contributed by atoms with E-state index in [1.807, 2.05) is 43.2 Å². The quantitative estimate of drug-likeness (QED) is 0.785. The van der Waals surface area contributed by atoms with E-state index >= 15 is 0 Å². The molecular weight excluding hydrogens is 334 g/mol. The minimum atomic E-state index is 0.109. The summed E-state index contributed by atoms with van der Waals surface area (Å²) in [6.45, 7) is 10.2. The summed E-state index contributed by atoms with van der Waals surface area (Å²) in [5, 5.41) is 2.03. The van der Waals surface area contributed by atoms with Crippen molar-refractivity contribution in [3.63, 3.8) is 0 Å². The first kappa shape index (κ1) is 18.1. The molecule has 0 N–H and O–H groups in total. The molecule has 0 radical (unpaired) electrons. The molecule has 1 saturated heterocycles. The first-order chi connectivity index (χ1) is 12.1. The van der Waals surface area contributed by atoms with Gasteiger partial charge in [-0.2, -0.15) is 0 Å². The van der Waals surface area contributed by atoms with E-state index in [0.717, 1.165) is 61.9 Å². The van der Waals surface area contributed by atoms with Crippen molar-refractivity contribution >= 4 is 17.2 Å². The standard InChI is InChI=1S/C19H27N3O2S/c1-4-22(5-2)19(23)15-8-6-10-21(12-15)13-16-14(3)24-18(20-16)17-9-7-11-25-17/h7,9,11,15H,4-6,8,10,12-13H2,1-3H3/t15-/m0/s1. The second-order valence-corrected chi connectivity index (χ2v) is 7.53. The third-order valence-electron chi connectivity index (χ3n) is 4.93. The van der Waals surface area contributed by atoms with Crippen molar-refractivity contribution in [2.45, 2.75) is 40.2 Å². The molecule has 0 saturated carbocycles. The van der Waals surface area contributed by atoms with Gasteiger partial charge in [-0.15, -0.1) is 11.3 Å². The zero-order valence-corrected chi connectivity index (χ0v) is 16.1. The Morgan fingerprint density at radius 3 is 2.92 bits per heavy atom. The van der Waals surface area contributed by atoms with E-state index in [1.165, 1.54) is 0 Å². The van der Waals surface area contributed by atoms with Crippen LogP contribution in [0, 0.1) is 12.8 Å². The van der Waals surface area contributed by atoms with Gasteiger partial charge >= 0.3 is 0 Å². The highest BCUT2D eigenvalue weighted by atomic mass is 32.1. The number of aryl methyl sites for hydroxylation is 1. The van der Waals surface area contributed by atoms with E-state index in [0.29, 0.717) is 11.8 Å². The Morgan fingerprint density at radius 1 is 1.44 bits per heavy atom. The lowest BCUT2D eigenvalue weighted by molar-refractivity contribution is -0.137. The Morgan fingerprint density at radius 2 is 2.24 bits per heavy atom. The maximum atomic E-state index is 12.7. The number of likely N-dealkylation sites (tertiary alicyclic amines) is 1. The van der Waals surface area contributed by atoms with Crippen molar-refractivity contribution in [2.24, 2.45) is 5.92 Å². The van der Waals surface area contributed by atoms with Gasteiger partial charge in [0.25, 0.3) is 0 Å². The van der Waals surface area contributed by atoms with E-state index in [9.17, 15) is 4.79 Å². The van der Waals surface area contributed by atoms with Crippen molar-refractivity contribution in [3.05, 3.63) is 29.0 Å². The normalized spacial score (nSPS) is 18.4. The molecule has 6 heteroatoms. The van der Waals surface area contributed by atoms with Gasteiger partial charge < -0.3 is 9.32 Å². The van der Waals surface area contributed by atoms with Gasteiger partial charge in [0.1, 0.15) is 5.76 Å².